The minimum atomic E-state index is -0.142. The predicted molar refractivity (Wildman–Crippen MR) is 124 cm³/mol. The minimum absolute atomic E-state index is 0.131. The Bertz CT molecular complexity index is 286. The summed E-state index contributed by atoms with van der Waals surface area (Å²) >= 11 is 0. The third-order valence-corrected chi connectivity index (χ3v) is 4.81. The van der Waals surface area contributed by atoms with Crippen molar-refractivity contribution in [1.29, 1.82) is 0 Å². The molecule has 0 spiro atoms. The lowest BCUT2D eigenvalue weighted by molar-refractivity contribution is -0.122. The van der Waals surface area contributed by atoms with Crippen LogP contribution in [0.25, 0.3) is 0 Å². The van der Waals surface area contributed by atoms with E-state index >= 15 is 0 Å². The maximum absolute atomic E-state index is 10.5. The Kier molecular flexibility index (Phi) is 25.7. The first-order chi connectivity index (χ1) is 13.5. The number of nitrogens with two attached hydrogens (primary N) is 1. The second-order valence-corrected chi connectivity index (χ2v) is 7.84. The van der Waals surface area contributed by atoms with Crippen molar-refractivity contribution >= 4 is 5.91 Å². The van der Waals surface area contributed by atoms with Crippen LogP contribution >= 0.6 is 0 Å². The van der Waals surface area contributed by atoms with Gasteiger partial charge in [-0.05, 0) is 78.9 Å². The summed E-state index contributed by atoms with van der Waals surface area (Å²) in [5, 5.41) is 12.6. The fourth-order valence-corrected chi connectivity index (χ4v) is 2.64. The van der Waals surface area contributed by atoms with Crippen molar-refractivity contribution in [3.05, 3.63) is 0 Å². The highest BCUT2D eigenvalue weighted by atomic mass is 16.1. The maximum atomic E-state index is 10.5. The molecular weight excluding hydrogens is 350 g/mol. The van der Waals surface area contributed by atoms with Gasteiger partial charge >= 0.3 is 0 Å². The van der Waals surface area contributed by atoms with E-state index in [0.717, 1.165) is 25.9 Å². The Morgan fingerprint density at radius 3 is 1.79 bits per heavy atom. The Labute approximate surface area is 175 Å². The maximum Gasteiger partial charge on any atom is 0.220 e. The Hall–Kier alpha value is -0.690. The van der Waals surface area contributed by atoms with Crippen molar-refractivity contribution in [2.75, 3.05) is 46.8 Å². The van der Waals surface area contributed by atoms with Crippen molar-refractivity contribution in [1.82, 2.24) is 21.3 Å². The van der Waals surface area contributed by atoms with E-state index in [1.165, 1.54) is 64.6 Å². The van der Waals surface area contributed by atoms with Crippen molar-refractivity contribution in [3.8, 4) is 0 Å². The van der Waals surface area contributed by atoms with E-state index in [2.05, 4.69) is 42.0 Å². The molecule has 1 amide bonds. The molecule has 0 unspecified atom stereocenters. The molecule has 2 aliphatic heterocycles. The number of nitrogens with one attached hydrogen (secondary N) is 4. The molecule has 0 radical (unpaired) electrons. The highest BCUT2D eigenvalue weighted by Crippen LogP contribution is 2.09. The van der Waals surface area contributed by atoms with Crippen LogP contribution in [0.4, 0.5) is 0 Å². The minimum Gasteiger partial charge on any atom is -0.369 e. The molecule has 2 fully saturated rings. The molecule has 0 aromatic heterocycles. The van der Waals surface area contributed by atoms with Gasteiger partial charge in [-0.25, -0.2) is 0 Å². The van der Waals surface area contributed by atoms with Gasteiger partial charge < -0.3 is 27.0 Å². The van der Waals surface area contributed by atoms with Crippen LogP contribution in [-0.4, -0.2) is 58.8 Å². The number of hydrogen-bond donors (Lipinski definition) is 5. The number of unbranched alkanes of at least 4 members (excludes halogenated alkanes) is 3. The molecule has 0 aromatic rings. The van der Waals surface area contributed by atoms with Gasteiger partial charge in [0.1, 0.15) is 0 Å². The molecule has 170 valence electrons. The summed E-state index contributed by atoms with van der Waals surface area (Å²) in [5.74, 6) is -0.0113. The monoisotopic (exact) mass is 401 g/mol. The number of primary amides is 1. The molecule has 2 heterocycles. The fourth-order valence-electron chi connectivity index (χ4n) is 2.64. The summed E-state index contributed by atoms with van der Waals surface area (Å²) in [6, 6.07) is 0.634. The first-order valence-corrected chi connectivity index (χ1v) is 11.5. The second-order valence-electron chi connectivity index (χ2n) is 7.84. The molecule has 2 rings (SSSR count). The Balaban J connectivity index is 0. The molecule has 6 heteroatoms. The van der Waals surface area contributed by atoms with E-state index in [-0.39, 0.29) is 11.8 Å². The smallest absolute Gasteiger partial charge is 0.220 e. The summed E-state index contributed by atoms with van der Waals surface area (Å²) in [5.41, 5.74) is 5.10. The number of carbonyl (C=O) groups excluding carboxylic acids is 1. The summed E-state index contributed by atoms with van der Waals surface area (Å²) in [6.07, 6.45) is 11.5. The number of carbonyl (C=O) groups is 1. The van der Waals surface area contributed by atoms with Gasteiger partial charge in [-0.3, -0.25) is 4.79 Å². The Morgan fingerprint density at radius 2 is 1.50 bits per heavy atom. The van der Waals surface area contributed by atoms with Crippen LogP contribution in [0.2, 0.25) is 0 Å². The van der Waals surface area contributed by atoms with Gasteiger partial charge in [0.25, 0.3) is 0 Å². The molecule has 6 N–H and O–H groups in total. The lowest BCUT2D eigenvalue weighted by Crippen LogP contribution is -2.34. The van der Waals surface area contributed by atoms with Crippen molar-refractivity contribution in [2.24, 2.45) is 11.7 Å². The van der Waals surface area contributed by atoms with Gasteiger partial charge in [0.2, 0.25) is 5.91 Å². The number of piperidine rings is 2. The van der Waals surface area contributed by atoms with E-state index in [4.69, 9.17) is 5.73 Å². The molecule has 0 aromatic carbocycles. The van der Waals surface area contributed by atoms with Crippen LogP contribution < -0.4 is 27.0 Å². The number of rotatable bonds is 7. The lowest BCUT2D eigenvalue weighted by atomic mass is 9.98. The normalized spacial score (nSPS) is 16.6. The SMILES string of the molecule is C1CCNCC1.CCCCCCNC.CNC(C)C.NC(=O)C1CCNCC1. The summed E-state index contributed by atoms with van der Waals surface area (Å²) in [4.78, 5) is 10.5. The third kappa shape index (κ3) is 25.3. The molecule has 0 aliphatic carbocycles. The molecule has 2 aliphatic rings. The summed E-state index contributed by atoms with van der Waals surface area (Å²) < 4.78 is 0. The molecule has 6 nitrogen and oxygen atoms in total. The number of hydrogen-bond acceptors (Lipinski definition) is 5. The molecule has 0 atom stereocenters. The average molecular weight is 402 g/mol. The summed E-state index contributed by atoms with van der Waals surface area (Å²) in [6.45, 7) is 12.0. The largest absolute Gasteiger partial charge is 0.369 e. The zero-order valence-electron chi connectivity index (χ0n) is 19.5. The van der Waals surface area contributed by atoms with E-state index in [1.54, 1.807) is 0 Å². The highest BCUT2D eigenvalue weighted by molar-refractivity contribution is 5.76. The zero-order chi connectivity index (χ0) is 21.5. The van der Waals surface area contributed by atoms with Crippen LogP contribution in [0.15, 0.2) is 0 Å². The van der Waals surface area contributed by atoms with Gasteiger partial charge in [0.05, 0.1) is 0 Å². The van der Waals surface area contributed by atoms with Crippen molar-refractivity contribution in [3.63, 3.8) is 0 Å². The van der Waals surface area contributed by atoms with E-state index in [0.29, 0.717) is 6.04 Å². The lowest BCUT2D eigenvalue weighted by Gasteiger charge is -2.18. The molecule has 2 saturated heterocycles. The van der Waals surface area contributed by atoms with Crippen LogP contribution in [-0.2, 0) is 4.79 Å². The standard InChI is InChI=1S/C7H17N.C6H12N2O.C5H11N.C4H11N/c1-3-4-5-6-7-8-2;7-6(9)5-1-3-8-4-2-5;1-2-4-6-5-3-1;1-4(2)5-3/h8H,3-7H2,1-2H3;5,8H,1-4H2,(H2,7,9);6H,1-5H2;4-5H,1-3H3. The van der Waals surface area contributed by atoms with Crippen LogP contribution in [0.1, 0.15) is 78.6 Å². The average Bonchev–Trinajstić information content (AvgIpc) is 2.74. The third-order valence-electron chi connectivity index (χ3n) is 4.81. The first-order valence-electron chi connectivity index (χ1n) is 11.5. The van der Waals surface area contributed by atoms with E-state index in [1.807, 2.05) is 14.1 Å². The Morgan fingerprint density at radius 1 is 0.964 bits per heavy atom. The van der Waals surface area contributed by atoms with Gasteiger partial charge in [0.15, 0.2) is 0 Å². The summed E-state index contributed by atoms with van der Waals surface area (Å²) in [7, 11) is 3.95. The quantitative estimate of drug-likeness (QED) is 0.423. The van der Waals surface area contributed by atoms with Crippen LogP contribution in [0.3, 0.4) is 0 Å². The van der Waals surface area contributed by atoms with Gasteiger partial charge in [0, 0.05) is 12.0 Å². The molecule has 0 bridgehead atoms. The second kappa shape index (κ2) is 24.3. The van der Waals surface area contributed by atoms with Crippen LogP contribution in [0, 0.1) is 5.92 Å². The van der Waals surface area contributed by atoms with Crippen LogP contribution in [0.5, 0.6) is 0 Å². The molecule has 28 heavy (non-hydrogen) atoms. The number of amides is 1. The predicted octanol–water partition coefficient (Wildman–Crippen LogP) is 2.63. The van der Waals surface area contributed by atoms with Gasteiger partial charge in [-0.2, -0.15) is 0 Å². The topological polar surface area (TPSA) is 91.2 Å². The fraction of sp³-hybridized carbons (Fsp3) is 0.955. The zero-order valence-corrected chi connectivity index (χ0v) is 19.5. The molecule has 0 saturated carbocycles. The van der Waals surface area contributed by atoms with Crippen molar-refractivity contribution in [2.45, 2.75) is 84.6 Å². The van der Waals surface area contributed by atoms with Gasteiger partial charge in [-0.1, -0.05) is 46.5 Å². The first kappa shape index (κ1) is 29.5. The highest BCUT2D eigenvalue weighted by Gasteiger charge is 2.17. The van der Waals surface area contributed by atoms with E-state index in [9.17, 15) is 4.79 Å². The van der Waals surface area contributed by atoms with Crippen molar-refractivity contribution < 1.29 is 4.79 Å². The molecular formula is C22H51N5O. The van der Waals surface area contributed by atoms with E-state index < -0.39 is 0 Å². The van der Waals surface area contributed by atoms with Gasteiger partial charge in [-0.15, -0.1) is 0 Å².